The molecule has 0 aliphatic carbocycles. The van der Waals surface area contributed by atoms with E-state index < -0.39 is 12.0 Å². The number of aromatic amines is 1. The Balaban J connectivity index is 1.36. The zero-order valence-electron chi connectivity index (χ0n) is 17.8. The Kier molecular flexibility index (Phi) is 6.74. The van der Waals surface area contributed by atoms with Crippen molar-refractivity contribution in [3.63, 3.8) is 0 Å². The lowest BCUT2D eigenvalue weighted by molar-refractivity contribution is -0.144. The van der Waals surface area contributed by atoms with Crippen molar-refractivity contribution in [2.45, 2.75) is 25.0 Å². The first-order chi connectivity index (χ1) is 15.0. The van der Waals surface area contributed by atoms with Gasteiger partial charge >= 0.3 is 5.97 Å². The summed E-state index contributed by atoms with van der Waals surface area (Å²) in [5, 5.41) is 13.8. The molecule has 1 aromatic carbocycles. The van der Waals surface area contributed by atoms with E-state index in [1.54, 1.807) is 13.3 Å². The Hall–Kier alpha value is -2.62. The number of carbonyl (C=O) groups is 2. The number of amides is 1. The number of benzene rings is 1. The number of piperazine rings is 1. The van der Waals surface area contributed by atoms with Gasteiger partial charge < -0.3 is 24.9 Å². The Labute approximate surface area is 181 Å². The molecule has 0 saturated carbocycles. The van der Waals surface area contributed by atoms with E-state index in [0.29, 0.717) is 45.0 Å². The molecule has 2 aliphatic rings. The highest BCUT2D eigenvalue weighted by Gasteiger charge is 2.32. The van der Waals surface area contributed by atoms with Crippen LogP contribution in [0.5, 0.6) is 5.75 Å². The van der Waals surface area contributed by atoms with Crippen molar-refractivity contribution in [3.05, 3.63) is 30.0 Å². The Bertz CT molecular complexity index is 916. The smallest absolute Gasteiger partial charge is 0.325 e. The molecule has 9 heteroatoms. The molecule has 31 heavy (non-hydrogen) atoms. The normalized spacial score (nSPS) is 21.3. The zero-order valence-corrected chi connectivity index (χ0v) is 17.8. The van der Waals surface area contributed by atoms with E-state index in [1.807, 2.05) is 23.1 Å². The van der Waals surface area contributed by atoms with Crippen LogP contribution < -0.4 is 10.1 Å². The quantitative estimate of drug-likeness (QED) is 0.578. The summed E-state index contributed by atoms with van der Waals surface area (Å²) in [5.74, 6) is -0.203. The summed E-state index contributed by atoms with van der Waals surface area (Å²) >= 11 is 0. The van der Waals surface area contributed by atoms with Crippen LogP contribution in [0.25, 0.3) is 10.9 Å². The van der Waals surface area contributed by atoms with Crippen LogP contribution in [0.1, 0.15) is 24.4 Å². The number of rotatable bonds is 8. The summed E-state index contributed by atoms with van der Waals surface area (Å²) in [6, 6.07) is 4.85. The minimum atomic E-state index is -0.883. The number of aliphatic carboxylic acids is 1. The van der Waals surface area contributed by atoms with Gasteiger partial charge in [0.2, 0.25) is 5.91 Å². The van der Waals surface area contributed by atoms with Gasteiger partial charge in [-0.15, -0.1) is 0 Å². The maximum Gasteiger partial charge on any atom is 0.325 e. The van der Waals surface area contributed by atoms with Gasteiger partial charge in [0.25, 0.3) is 0 Å². The van der Waals surface area contributed by atoms with Crippen LogP contribution in [0.2, 0.25) is 0 Å². The van der Waals surface area contributed by atoms with E-state index in [2.05, 4.69) is 15.2 Å². The summed E-state index contributed by atoms with van der Waals surface area (Å²) < 4.78 is 10.8. The van der Waals surface area contributed by atoms with Gasteiger partial charge in [-0.05, 0) is 31.0 Å². The standard InChI is InChI=1S/C22H30N4O5/c1-30-15-4-5-19-17(11-15)18(13-23-19)21(22(28)29)26-8-6-25(7-9-26)14-20(27)24-12-16-3-2-10-31-16/h4-5,11,13,16,21,23H,2-3,6-10,12,14H2,1H3,(H,24,27)(H,28,29)/t16-,21+/m0/s1. The lowest BCUT2D eigenvalue weighted by Gasteiger charge is -2.37. The zero-order chi connectivity index (χ0) is 21.8. The molecule has 4 rings (SSSR count). The first-order valence-corrected chi connectivity index (χ1v) is 10.8. The second-order valence-corrected chi connectivity index (χ2v) is 8.15. The molecule has 1 aromatic heterocycles. The van der Waals surface area contributed by atoms with Gasteiger partial charge in [0.05, 0.1) is 19.8 Å². The number of nitrogens with zero attached hydrogens (tertiary/aromatic N) is 2. The predicted octanol–water partition coefficient (Wildman–Crippen LogP) is 1.22. The molecule has 9 nitrogen and oxygen atoms in total. The molecule has 2 fully saturated rings. The second kappa shape index (κ2) is 9.67. The number of nitrogens with one attached hydrogen (secondary N) is 2. The van der Waals surface area contributed by atoms with Crippen molar-refractivity contribution in [1.82, 2.24) is 20.1 Å². The predicted molar refractivity (Wildman–Crippen MR) is 115 cm³/mol. The van der Waals surface area contributed by atoms with Crippen LogP contribution >= 0.6 is 0 Å². The molecule has 2 aliphatic heterocycles. The van der Waals surface area contributed by atoms with Crippen LogP contribution in [0, 0.1) is 0 Å². The maximum absolute atomic E-state index is 12.3. The van der Waals surface area contributed by atoms with Gasteiger partial charge in [-0.25, -0.2) is 0 Å². The molecular formula is C22H30N4O5. The van der Waals surface area contributed by atoms with Crippen LogP contribution in [-0.2, 0) is 14.3 Å². The Morgan fingerprint density at radius 2 is 2.13 bits per heavy atom. The van der Waals surface area contributed by atoms with Gasteiger partial charge in [0.1, 0.15) is 11.8 Å². The minimum absolute atomic E-state index is 0.0116. The summed E-state index contributed by atoms with van der Waals surface area (Å²) in [6.07, 6.45) is 3.95. The van der Waals surface area contributed by atoms with E-state index in [0.717, 1.165) is 35.9 Å². The van der Waals surface area contributed by atoms with Crippen molar-refractivity contribution in [3.8, 4) is 5.75 Å². The average Bonchev–Trinajstić information content (AvgIpc) is 3.43. The SMILES string of the molecule is COc1ccc2[nH]cc([C@H](C(=O)O)N3CCN(CC(=O)NC[C@@H]4CCCO4)CC3)c2c1. The Morgan fingerprint density at radius 1 is 1.32 bits per heavy atom. The number of ether oxygens (including phenoxy) is 2. The molecule has 0 radical (unpaired) electrons. The van der Waals surface area contributed by atoms with Gasteiger partial charge in [-0.3, -0.25) is 19.4 Å². The van der Waals surface area contributed by atoms with E-state index in [1.165, 1.54) is 0 Å². The van der Waals surface area contributed by atoms with Crippen molar-refractivity contribution < 1.29 is 24.2 Å². The third-order valence-electron chi connectivity index (χ3n) is 6.14. The monoisotopic (exact) mass is 430 g/mol. The van der Waals surface area contributed by atoms with Gasteiger partial charge in [0.15, 0.2) is 0 Å². The highest BCUT2D eigenvalue weighted by Crippen LogP contribution is 2.31. The van der Waals surface area contributed by atoms with Crippen LogP contribution in [0.3, 0.4) is 0 Å². The largest absolute Gasteiger partial charge is 0.497 e. The highest BCUT2D eigenvalue weighted by atomic mass is 16.5. The molecule has 0 spiro atoms. The summed E-state index contributed by atoms with van der Waals surface area (Å²) in [4.78, 5) is 31.6. The molecule has 168 valence electrons. The third-order valence-corrected chi connectivity index (χ3v) is 6.14. The van der Waals surface area contributed by atoms with Crippen LogP contribution in [0.15, 0.2) is 24.4 Å². The second-order valence-electron chi connectivity index (χ2n) is 8.15. The van der Waals surface area contributed by atoms with Crippen LogP contribution in [0.4, 0.5) is 0 Å². The van der Waals surface area contributed by atoms with Crippen molar-refractivity contribution >= 4 is 22.8 Å². The number of aromatic nitrogens is 1. The Morgan fingerprint density at radius 3 is 2.81 bits per heavy atom. The molecule has 1 amide bonds. The third kappa shape index (κ3) is 5.00. The average molecular weight is 431 g/mol. The lowest BCUT2D eigenvalue weighted by atomic mass is 10.0. The van der Waals surface area contributed by atoms with Crippen molar-refractivity contribution in [2.24, 2.45) is 0 Å². The molecule has 0 bridgehead atoms. The van der Waals surface area contributed by atoms with Gasteiger partial charge in [0, 0.05) is 62.0 Å². The minimum Gasteiger partial charge on any atom is -0.497 e. The molecule has 3 N–H and O–H groups in total. The number of hydrogen-bond donors (Lipinski definition) is 3. The van der Waals surface area contributed by atoms with E-state index in [4.69, 9.17) is 9.47 Å². The van der Waals surface area contributed by atoms with Gasteiger partial charge in [-0.1, -0.05) is 0 Å². The molecular weight excluding hydrogens is 400 g/mol. The van der Waals surface area contributed by atoms with E-state index in [9.17, 15) is 14.7 Å². The molecule has 2 atom stereocenters. The number of carbonyl (C=O) groups excluding carboxylic acids is 1. The maximum atomic E-state index is 12.3. The number of hydrogen-bond acceptors (Lipinski definition) is 6. The van der Waals surface area contributed by atoms with Crippen molar-refractivity contribution in [2.75, 3.05) is 53.0 Å². The summed E-state index contributed by atoms with van der Waals surface area (Å²) in [5.41, 5.74) is 1.60. The fraction of sp³-hybridized carbons (Fsp3) is 0.545. The van der Waals surface area contributed by atoms with E-state index >= 15 is 0 Å². The first-order valence-electron chi connectivity index (χ1n) is 10.8. The number of methoxy groups -OCH3 is 1. The molecule has 0 unspecified atom stereocenters. The van der Waals surface area contributed by atoms with E-state index in [-0.39, 0.29) is 12.0 Å². The fourth-order valence-electron chi connectivity index (χ4n) is 4.43. The molecule has 3 heterocycles. The molecule has 2 saturated heterocycles. The highest BCUT2D eigenvalue weighted by molar-refractivity contribution is 5.90. The number of fused-ring (bicyclic) bond motifs is 1. The number of carboxylic acid groups (broad SMARTS) is 1. The van der Waals surface area contributed by atoms with Crippen LogP contribution in [-0.4, -0.2) is 90.9 Å². The number of carboxylic acids is 1. The summed E-state index contributed by atoms with van der Waals surface area (Å²) in [6.45, 7) is 4.09. The number of H-pyrrole nitrogens is 1. The van der Waals surface area contributed by atoms with Crippen molar-refractivity contribution in [1.29, 1.82) is 0 Å². The topological polar surface area (TPSA) is 107 Å². The fourth-order valence-corrected chi connectivity index (χ4v) is 4.43. The lowest BCUT2D eigenvalue weighted by Crippen LogP contribution is -2.51. The van der Waals surface area contributed by atoms with Gasteiger partial charge in [-0.2, -0.15) is 0 Å². The first kappa shape index (κ1) is 21.6. The molecule has 2 aromatic rings. The summed E-state index contributed by atoms with van der Waals surface area (Å²) in [7, 11) is 1.60.